The summed E-state index contributed by atoms with van der Waals surface area (Å²) < 4.78 is 0. The molecule has 29 nitrogen and oxygen atoms in total. The van der Waals surface area contributed by atoms with Crippen LogP contribution < -0.4 is 59.7 Å². The van der Waals surface area contributed by atoms with E-state index in [2.05, 4.69) is 47.5 Å². The van der Waals surface area contributed by atoms with Gasteiger partial charge in [0.15, 0.2) is 0 Å². The Morgan fingerprint density at radius 2 is 1.01 bits per heavy atom. The number of nitrogens with zero attached hydrogens (tertiary/aromatic N) is 1. The minimum Gasteiger partial charge on any atom is -0.508 e. The number of aromatic nitrogens is 1. The minimum atomic E-state index is -1.98. The second kappa shape index (κ2) is 35.7. The number of phenolic OH excluding ortho intramolecular Hbond substituents is 2. The van der Waals surface area contributed by atoms with E-state index in [0.717, 1.165) is 0 Å². The van der Waals surface area contributed by atoms with Gasteiger partial charge in [-0.2, -0.15) is 0 Å². The van der Waals surface area contributed by atoms with E-state index in [0.29, 0.717) is 39.6 Å². The number of carboxylic acids is 2. The molecular weight excluding hydrogens is 1240 g/mol. The van der Waals surface area contributed by atoms with Gasteiger partial charge in [0.05, 0.1) is 18.9 Å². The van der Waals surface area contributed by atoms with Crippen molar-refractivity contribution in [3.8, 4) is 11.5 Å². The number of para-hydroxylation sites is 1. The van der Waals surface area contributed by atoms with E-state index in [1.807, 2.05) is 13.8 Å². The summed E-state index contributed by atoms with van der Waals surface area (Å²) in [6.07, 6.45) is -0.606. The number of carbonyl (C=O) groups excluding carboxylic acids is 10. The predicted molar refractivity (Wildman–Crippen MR) is 350 cm³/mol. The summed E-state index contributed by atoms with van der Waals surface area (Å²) in [5.41, 5.74) is 20.0. The van der Waals surface area contributed by atoms with Crippen molar-refractivity contribution in [2.45, 2.75) is 159 Å². The number of carboxylic acid groups (broad SMARTS) is 2. The minimum absolute atomic E-state index is 0.00333. The van der Waals surface area contributed by atoms with E-state index in [4.69, 9.17) is 17.2 Å². The number of amides is 10. The van der Waals surface area contributed by atoms with Gasteiger partial charge in [-0.25, -0.2) is 4.79 Å². The van der Waals surface area contributed by atoms with E-state index in [-0.39, 0.29) is 87.8 Å². The molecule has 1 aliphatic heterocycles. The molecule has 0 saturated carbocycles. The number of benzene rings is 4. The molecule has 19 N–H and O–H groups in total. The summed E-state index contributed by atoms with van der Waals surface area (Å²) in [6, 6.07) is 11.8. The highest BCUT2D eigenvalue weighted by Crippen LogP contribution is 2.24. The standard InChI is InChI=1S/C67H87N13O16/c1-36(2)28-47(73-58(86)46(16-10-26-68)72-65(93)57(70)37(3)4)59(87)78-52(31-40-20-24-43(82)25-21-40)66(94)80-27-11-17-54(80)64(92)77-49(30-39-18-22-42(81)23-19-39)61(89)74-48(29-38-12-6-5-7-13-38)60(88)75-50(33-55(69)83)62(90)76-51(34-56(84)85)63(91)79-53(67(95)96)32-41-35-71-45-15-9-8-14-44(41)45/h5-9,12-15,18-25,35-37,46-54,57,71,81-82H,10-11,16-17,26-34,68,70H2,1-4H3,(H2,69,83)(H,72,93)(H,73,86)(H,74,89)(H,75,88)(H,76,90)(H,77,92)(H,78,87)(H,79,91)(H,84,85)(H,95,96)/t46-,47-,48-,49-,50-,51-,52-,53-,54-,57-/m0/s1. The second-order valence-corrected chi connectivity index (χ2v) is 24.6. The monoisotopic (exact) mass is 1330 g/mol. The van der Waals surface area contributed by atoms with Gasteiger partial charge in [0, 0.05) is 49.3 Å². The molecule has 0 bridgehead atoms. The highest BCUT2D eigenvalue weighted by Gasteiger charge is 2.41. The van der Waals surface area contributed by atoms with Crippen LogP contribution in [0.4, 0.5) is 0 Å². The molecule has 516 valence electrons. The van der Waals surface area contributed by atoms with Crippen molar-refractivity contribution >= 4 is 81.9 Å². The van der Waals surface area contributed by atoms with Gasteiger partial charge in [-0.3, -0.25) is 52.7 Å². The number of likely N-dealkylation sites (tertiary alicyclic amines) is 1. The molecule has 1 aromatic heterocycles. The summed E-state index contributed by atoms with van der Waals surface area (Å²) >= 11 is 0. The third-order valence-electron chi connectivity index (χ3n) is 16.2. The summed E-state index contributed by atoms with van der Waals surface area (Å²) in [5, 5.41) is 61.5. The van der Waals surface area contributed by atoms with Crippen LogP contribution in [-0.4, -0.2) is 175 Å². The number of carbonyl (C=O) groups is 12. The van der Waals surface area contributed by atoms with Crippen LogP contribution in [0.1, 0.15) is 94.9 Å². The van der Waals surface area contributed by atoms with Crippen molar-refractivity contribution in [3.05, 3.63) is 132 Å². The second-order valence-electron chi connectivity index (χ2n) is 24.6. The number of aliphatic carboxylic acids is 2. The highest BCUT2D eigenvalue weighted by molar-refractivity contribution is 6.00. The first-order valence-corrected chi connectivity index (χ1v) is 31.7. The van der Waals surface area contributed by atoms with Crippen molar-refractivity contribution in [2.75, 3.05) is 13.1 Å². The summed E-state index contributed by atoms with van der Waals surface area (Å²) in [4.78, 5) is 171. The van der Waals surface area contributed by atoms with Crippen LogP contribution in [0.25, 0.3) is 10.9 Å². The molecule has 0 spiro atoms. The van der Waals surface area contributed by atoms with Gasteiger partial charge < -0.3 is 90.0 Å². The van der Waals surface area contributed by atoms with Crippen LogP contribution in [0.3, 0.4) is 0 Å². The molecule has 1 fully saturated rings. The van der Waals surface area contributed by atoms with Crippen LogP contribution in [0, 0.1) is 11.8 Å². The average Bonchev–Trinajstić information content (AvgIpc) is 1.57. The molecule has 10 atom stereocenters. The maximum Gasteiger partial charge on any atom is 0.326 e. The third-order valence-corrected chi connectivity index (χ3v) is 16.2. The number of nitrogens with one attached hydrogen (secondary N) is 9. The maximum absolute atomic E-state index is 15.1. The zero-order valence-corrected chi connectivity index (χ0v) is 53.9. The Labute approximate surface area is 554 Å². The first kappa shape index (κ1) is 74.6. The number of nitrogens with two attached hydrogens (primary N) is 3. The zero-order valence-electron chi connectivity index (χ0n) is 53.9. The fourth-order valence-corrected chi connectivity index (χ4v) is 11.0. The van der Waals surface area contributed by atoms with Crippen molar-refractivity contribution in [3.63, 3.8) is 0 Å². The van der Waals surface area contributed by atoms with Crippen LogP contribution in [0.15, 0.2) is 109 Å². The van der Waals surface area contributed by atoms with Gasteiger partial charge in [0.25, 0.3) is 0 Å². The van der Waals surface area contributed by atoms with Crippen LogP contribution in [0.5, 0.6) is 11.5 Å². The molecule has 5 aromatic rings. The maximum atomic E-state index is 15.1. The van der Waals surface area contributed by atoms with Gasteiger partial charge in [0.1, 0.15) is 65.9 Å². The van der Waals surface area contributed by atoms with Gasteiger partial charge >= 0.3 is 11.9 Å². The van der Waals surface area contributed by atoms with Crippen LogP contribution in [-0.2, 0) is 83.2 Å². The SMILES string of the molecule is CC(C)C[C@H](NC(=O)[C@H](CCCN)NC(=O)[C@@H](N)C(C)C)C(=O)N[C@@H](Cc1ccc(O)cc1)C(=O)N1CCC[C@H]1C(=O)N[C@@H](Cc1ccc(O)cc1)C(=O)N[C@@H](Cc1ccccc1)C(=O)N[C@@H](CC(N)=O)C(=O)N[C@@H](CC(=O)O)C(=O)N[C@@H](Cc1c[nH]c2ccccc12)C(=O)O. The zero-order chi connectivity index (χ0) is 70.3. The Kier molecular flexibility index (Phi) is 27.8. The number of rotatable bonds is 36. The number of aromatic amines is 1. The average molecular weight is 1330 g/mol. The number of primary amides is 1. The first-order chi connectivity index (χ1) is 45.6. The normalized spacial score (nSPS) is 15.7. The number of aromatic hydroxyl groups is 2. The van der Waals surface area contributed by atoms with Gasteiger partial charge in [0.2, 0.25) is 59.1 Å². The Balaban J connectivity index is 1.25. The Morgan fingerprint density at radius 3 is 1.56 bits per heavy atom. The number of hydrogen-bond acceptors (Lipinski definition) is 16. The Bertz CT molecular complexity index is 3550. The van der Waals surface area contributed by atoms with E-state index >= 15 is 4.79 Å². The van der Waals surface area contributed by atoms with E-state index in [1.165, 1.54) is 53.4 Å². The molecule has 1 saturated heterocycles. The molecule has 10 amide bonds. The molecule has 1 aliphatic rings. The predicted octanol–water partition coefficient (Wildman–Crippen LogP) is -0.0779. The summed E-state index contributed by atoms with van der Waals surface area (Å²) in [5.74, 6) is -13.2. The van der Waals surface area contributed by atoms with Crippen LogP contribution in [0.2, 0.25) is 0 Å². The van der Waals surface area contributed by atoms with E-state index < -0.39 is 144 Å². The molecule has 0 aliphatic carbocycles. The van der Waals surface area contributed by atoms with Gasteiger partial charge in [-0.05, 0) is 103 Å². The quantitative estimate of drug-likeness (QED) is 0.0249. The number of hydrogen-bond donors (Lipinski definition) is 16. The molecule has 29 heteroatoms. The molecule has 96 heavy (non-hydrogen) atoms. The van der Waals surface area contributed by atoms with Crippen LogP contribution >= 0.6 is 0 Å². The number of phenols is 2. The lowest BCUT2D eigenvalue weighted by Gasteiger charge is -2.31. The molecule has 0 unspecified atom stereocenters. The van der Waals surface area contributed by atoms with E-state index in [9.17, 15) is 73.2 Å². The van der Waals surface area contributed by atoms with Crippen molar-refractivity contribution in [2.24, 2.45) is 29.0 Å². The van der Waals surface area contributed by atoms with E-state index in [1.54, 1.807) is 74.6 Å². The van der Waals surface area contributed by atoms with Crippen molar-refractivity contribution in [1.82, 2.24) is 52.4 Å². The van der Waals surface area contributed by atoms with Gasteiger partial charge in [-0.15, -0.1) is 0 Å². The summed E-state index contributed by atoms with van der Waals surface area (Å²) in [7, 11) is 0. The smallest absolute Gasteiger partial charge is 0.326 e. The van der Waals surface area contributed by atoms with Crippen molar-refractivity contribution in [1.29, 1.82) is 0 Å². The lowest BCUT2D eigenvalue weighted by molar-refractivity contribution is -0.144. The Morgan fingerprint density at radius 1 is 0.542 bits per heavy atom. The molecule has 0 radical (unpaired) electrons. The molecule has 2 heterocycles. The van der Waals surface area contributed by atoms with Gasteiger partial charge in [-0.1, -0.05) is 100 Å². The summed E-state index contributed by atoms with van der Waals surface area (Å²) in [6.45, 7) is 7.31. The molecule has 4 aromatic carbocycles. The topological polar surface area (TPSA) is 479 Å². The Hall–Kier alpha value is -10.4. The lowest BCUT2D eigenvalue weighted by Crippen LogP contribution is -2.61. The molecule has 6 rings (SSSR count). The number of H-pyrrole nitrogens is 1. The molecular formula is C67H87N13O16. The first-order valence-electron chi connectivity index (χ1n) is 31.7. The largest absolute Gasteiger partial charge is 0.508 e. The van der Waals surface area contributed by atoms with Crippen molar-refractivity contribution < 1.29 is 78.0 Å². The number of fused-ring (bicyclic) bond motifs is 1. The fraction of sp³-hybridized carbons (Fsp3) is 0.433. The lowest BCUT2D eigenvalue weighted by atomic mass is 9.99. The third kappa shape index (κ3) is 22.4. The highest BCUT2D eigenvalue weighted by atomic mass is 16.4. The fourth-order valence-electron chi connectivity index (χ4n) is 11.0.